The van der Waals surface area contributed by atoms with Crippen molar-refractivity contribution < 1.29 is 9.53 Å². The third kappa shape index (κ3) is 2.79. The van der Waals surface area contributed by atoms with Crippen LogP contribution in [0.2, 0.25) is 0 Å². The Morgan fingerprint density at radius 1 is 1.52 bits per heavy atom. The van der Waals surface area contributed by atoms with Crippen molar-refractivity contribution in [2.24, 2.45) is 5.92 Å². The highest BCUT2D eigenvalue weighted by molar-refractivity contribution is 7.13. The van der Waals surface area contributed by atoms with E-state index in [1.54, 1.807) is 11.3 Å². The molecule has 0 aromatic carbocycles. The average molecular weight is 307 g/mol. The maximum Gasteiger partial charge on any atom is 0.225 e. The number of carbonyl (C=O) groups excluding carboxylic acids is 1. The van der Waals surface area contributed by atoms with Crippen molar-refractivity contribution in [2.45, 2.75) is 43.7 Å². The van der Waals surface area contributed by atoms with Gasteiger partial charge < -0.3 is 15.0 Å². The minimum Gasteiger partial charge on any atom is -0.371 e. The Morgan fingerprint density at radius 2 is 2.43 bits per heavy atom. The molecular formula is C15H21N3O2S. The molecule has 1 spiro atoms. The lowest BCUT2D eigenvalue weighted by molar-refractivity contribution is -0.140. The molecule has 1 aliphatic carbocycles. The van der Waals surface area contributed by atoms with Gasteiger partial charge in [-0.2, -0.15) is 0 Å². The Bertz CT molecular complexity index is 517. The fraction of sp³-hybridized carbons (Fsp3) is 0.733. The van der Waals surface area contributed by atoms with Gasteiger partial charge in [0, 0.05) is 37.0 Å². The second-order valence-corrected chi connectivity index (χ2v) is 7.41. The van der Waals surface area contributed by atoms with Gasteiger partial charge >= 0.3 is 0 Å². The van der Waals surface area contributed by atoms with E-state index in [1.165, 1.54) is 0 Å². The number of hydrogen-bond acceptors (Lipinski definition) is 5. The highest BCUT2D eigenvalue weighted by Crippen LogP contribution is 2.38. The molecule has 21 heavy (non-hydrogen) atoms. The topological polar surface area (TPSA) is 54.5 Å². The lowest BCUT2D eigenvalue weighted by Gasteiger charge is -2.39. The van der Waals surface area contributed by atoms with Crippen LogP contribution in [-0.2, 0) is 9.53 Å². The van der Waals surface area contributed by atoms with Gasteiger partial charge in [0.2, 0.25) is 5.91 Å². The van der Waals surface area contributed by atoms with E-state index in [9.17, 15) is 4.79 Å². The quantitative estimate of drug-likeness (QED) is 0.929. The van der Waals surface area contributed by atoms with Crippen LogP contribution in [-0.4, -0.2) is 47.1 Å². The first-order valence-corrected chi connectivity index (χ1v) is 8.71. The van der Waals surface area contributed by atoms with Crippen LogP contribution in [0.4, 0.5) is 5.13 Å². The summed E-state index contributed by atoms with van der Waals surface area (Å²) in [5, 5.41) is 6.39. The van der Waals surface area contributed by atoms with E-state index in [0.717, 1.165) is 50.3 Å². The van der Waals surface area contributed by atoms with E-state index in [1.807, 2.05) is 16.5 Å². The maximum atomic E-state index is 12.3. The molecule has 6 heteroatoms. The molecule has 1 saturated carbocycles. The number of ether oxygens (including phenoxy) is 1. The number of aromatic nitrogens is 1. The Kier molecular flexibility index (Phi) is 3.38. The van der Waals surface area contributed by atoms with Crippen LogP contribution in [0, 0.1) is 5.92 Å². The number of carbonyl (C=O) groups is 1. The Labute approximate surface area is 128 Å². The highest BCUT2D eigenvalue weighted by Gasteiger charge is 2.46. The number of nitrogens with one attached hydrogen (secondary N) is 1. The molecule has 2 unspecified atom stereocenters. The van der Waals surface area contributed by atoms with Crippen LogP contribution >= 0.6 is 11.3 Å². The van der Waals surface area contributed by atoms with Gasteiger partial charge in [-0.1, -0.05) is 0 Å². The van der Waals surface area contributed by atoms with Gasteiger partial charge in [-0.05, 0) is 25.7 Å². The predicted octanol–water partition coefficient (Wildman–Crippen LogP) is 2.12. The number of rotatable bonds is 3. The second kappa shape index (κ2) is 5.25. The number of likely N-dealkylation sites (tertiary alicyclic amines) is 1. The molecule has 2 saturated heterocycles. The van der Waals surface area contributed by atoms with Crippen molar-refractivity contribution in [3.05, 3.63) is 11.6 Å². The summed E-state index contributed by atoms with van der Waals surface area (Å²) in [6.45, 7) is 2.40. The summed E-state index contributed by atoms with van der Waals surface area (Å²) in [6.07, 6.45) is 7.07. The van der Waals surface area contributed by atoms with Gasteiger partial charge in [0.15, 0.2) is 5.13 Å². The van der Waals surface area contributed by atoms with Crippen LogP contribution in [0.15, 0.2) is 11.6 Å². The highest BCUT2D eigenvalue weighted by atomic mass is 32.1. The van der Waals surface area contributed by atoms with Gasteiger partial charge in [0.1, 0.15) is 0 Å². The van der Waals surface area contributed by atoms with Crippen molar-refractivity contribution in [2.75, 3.05) is 25.0 Å². The minimum absolute atomic E-state index is 0.127. The van der Waals surface area contributed by atoms with E-state index < -0.39 is 0 Å². The van der Waals surface area contributed by atoms with E-state index in [0.29, 0.717) is 24.5 Å². The van der Waals surface area contributed by atoms with Crippen molar-refractivity contribution in [1.29, 1.82) is 0 Å². The molecule has 1 aromatic rings. The average Bonchev–Trinajstić information content (AvgIpc) is 3.10. The minimum atomic E-state index is -0.127. The largest absolute Gasteiger partial charge is 0.371 e. The molecule has 114 valence electrons. The summed E-state index contributed by atoms with van der Waals surface area (Å²) in [5.41, 5.74) is -0.127. The number of thiazole rings is 1. The third-order valence-corrected chi connectivity index (χ3v) is 5.45. The Balaban J connectivity index is 1.39. The molecule has 2 aliphatic heterocycles. The molecule has 0 radical (unpaired) electrons. The number of amides is 1. The van der Waals surface area contributed by atoms with Crippen molar-refractivity contribution >= 4 is 22.4 Å². The first-order valence-electron chi connectivity index (χ1n) is 7.83. The molecule has 5 nitrogen and oxygen atoms in total. The number of piperidine rings is 1. The molecule has 4 rings (SSSR count). The monoisotopic (exact) mass is 307 g/mol. The molecule has 3 heterocycles. The first kappa shape index (κ1) is 13.5. The van der Waals surface area contributed by atoms with Gasteiger partial charge in [-0.3, -0.25) is 4.79 Å². The summed E-state index contributed by atoms with van der Waals surface area (Å²) >= 11 is 1.62. The molecular weight excluding hydrogens is 286 g/mol. The molecule has 3 aliphatic rings. The first-order chi connectivity index (χ1) is 10.2. The number of hydrogen-bond donors (Lipinski definition) is 1. The standard InChI is InChI=1S/C15H21N3O2S/c19-13(11-2-3-11)18-6-1-4-15(10-18)8-12(9-20-15)17-14-16-5-7-21-14/h5,7,11-12H,1-4,6,8-10H2,(H,16,17). The van der Waals surface area contributed by atoms with Gasteiger partial charge in [-0.15, -0.1) is 11.3 Å². The normalized spacial score (nSPS) is 32.6. The van der Waals surface area contributed by atoms with E-state index in [4.69, 9.17) is 4.74 Å². The van der Waals surface area contributed by atoms with Crippen molar-refractivity contribution in [1.82, 2.24) is 9.88 Å². The molecule has 2 atom stereocenters. The zero-order valence-corrected chi connectivity index (χ0v) is 12.9. The molecule has 1 aromatic heterocycles. The summed E-state index contributed by atoms with van der Waals surface area (Å²) < 4.78 is 6.14. The Morgan fingerprint density at radius 3 is 3.19 bits per heavy atom. The summed E-state index contributed by atoms with van der Waals surface area (Å²) in [6, 6.07) is 0.312. The van der Waals surface area contributed by atoms with Crippen molar-refractivity contribution in [3.63, 3.8) is 0 Å². The van der Waals surface area contributed by atoms with Gasteiger partial charge in [0.05, 0.1) is 18.2 Å². The third-order valence-electron chi connectivity index (χ3n) is 4.75. The fourth-order valence-electron chi connectivity index (χ4n) is 3.57. The summed E-state index contributed by atoms with van der Waals surface area (Å²) in [4.78, 5) is 18.6. The zero-order valence-electron chi connectivity index (χ0n) is 12.1. The van der Waals surface area contributed by atoms with Crippen LogP contribution in [0.3, 0.4) is 0 Å². The van der Waals surface area contributed by atoms with Crippen LogP contribution in [0.1, 0.15) is 32.1 Å². The van der Waals surface area contributed by atoms with Gasteiger partial charge in [0.25, 0.3) is 0 Å². The lowest BCUT2D eigenvalue weighted by Crippen LogP contribution is -2.50. The summed E-state index contributed by atoms with van der Waals surface area (Å²) in [5.74, 6) is 0.666. The molecule has 1 N–H and O–H groups in total. The van der Waals surface area contributed by atoms with E-state index >= 15 is 0 Å². The SMILES string of the molecule is O=C(C1CC1)N1CCCC2(CC(Nc3nccs3)CO2)C1. The zero-order chi connectivity index (χ0) is 14.3. The molecule has 3 fully saturated rings. The van der Waals surface area contributed by atoms with E-state index in [-0.39, 0.29) is 5.60 Å². The second-order valence-electron chi connectivity index (χ2n) is 6.51. The van der Waals surface area contributed by atoms with Crippen LogP contribution < -0.4 is 5.32 Å². The maximum absolute atomic E-state index is 12.3. The van der Waals surface area contributed by atoms with Crippen LogP contribution in [0.5, 0.6) is 0 Å². The van der Waals surface area contributed by atoms with Crippen LogP contribution in [0.25, 0.3) is 0 Å². The van der Waals surface area contributed by atoms with Gasteiger partial charge in [-0.25, -0.2) is 4.98 Å². The molecule has 0 bridgehead atoms. The number of nitrogens with zero attached hydrogens (tertiary/aromatic N) is 2. The predicted molar refractivity (Wildman–Crippen MR) is 81.4 cm³/mol. The molecule has 1 amide bonds. The van der Waals surface area contributed by atoms with Crippen molar-refractivity contribution in [3.8, 4) is 0 Å². The number of anilines is 1. The summed E-state index contributed by atoms with van der Waals surface area (Å²) in [7, 11) is 0. The Hall–Kier alpha value is -1.14. The lowest BCUT2D eigenvalue weighted by atomic mass is 9.88. The smallest absolute Gasteiger partial charge is 0.225 e. The fourth-order valence-corrected chi connectivity index (χ4v) is 4.17. The van der Waals surface area contributed by atoms with E-state index in [2.05, 4.69) is 10.3 Å².